The molecule has 2 aromatic heterocycles. The molecule has 0 aliphatic rings. The van der Waals surface area contributed by atoms with Crippen LogP contribution in [0.3, 0.4) is 0 Å². The van der Waals surface area contributed by atoms with Gasteiger partial charge in [-0.15, -0.1) is 23.4 Å². The maximum absolute atomic E-state index is 12.3. The summed E-state index contributed by atoms with van der Waals surface area (Å²) in [4.78, 5) is 0. The molecule has 0 atom stereocenters. The molecule has 0 saturated heterocycles. The minimum atomic E-state index is -4.77. The van der Waals surface area contributed by atoms with Gasteiger partial charge in [0.25, 0.3) is 0 Å². The topological polar surface area (TPSA) is 102 Å². The van der Waals surface area contributed by atoms with Crippen LogP contribution in [0.2, 0.25) is 5.02 Å². The number of nitrogens with zero attached hydrogens (tertiary/aromatic N) is 4. The van der Waals surface area contributed by atoms with Gasteiger partial charge in [0, 0.05) is 12.6 Å². The predicted octanol–water partition coefficient (Wildman–Crippen LogP) is 4.23. The molecule has 0 unspecified atom stereocenters. The number of hydrogen-bond donors (Lipinski definition) is 3. The Bertz CT molecular complexity index is 1250. The second kappa shape index (κ2) is 12.1. The molecule has 0 bridgehead atoms. The Kier molecular flexibility index (Phi) is 8.62. The molecule has 192 valence electrons. The van der Waals surface area contributed by atoms with Crippen LogP contribution in [0.5, 0.6) is 11.5 Å². The summed E-state index contributed by atoms with van der Waals surface area (Å²) in [6, 6.07) is 8.13. The first kappa shape index (κ1) is 25.7. The van der Waals surface area contributed by atoms with Crippen LogP contribution in [0, 0.1) is 0 Å². The molecule has 0 spiro atoms. The molecule has 0 saturated carbocycles. The van der Waals surface area contributed by atoms with E-state index in [1.165, 1.54) is 12.1 Å². The van der Waals surface area contributed by atoms with Crippen LogP contribution in [0.25, 0.3) is 16.6 Å². The minimum Gasteiger partial charge on any atom is -0.493 e. The van der Waals surface area contributed by atoms with Crippen molar-refractivity contribution in [2.45, 2.75) is 25.7 Å². The van der Waals surface area contributed by atoms with Crippen molar-refractivity contribution in [1.82, 2.24) is 35.6 Å². The summed E-state index contributed by atoms with van der Waals surface area (Å²) in [5.41, 5.74) is 2.53. The first-order valence-electron chi connectivity index (χ1n) is 11.3. The van der Waals surface area contributed by atoms with Crippen molar-refractivity contribution >= 4 is 22.5 Å². The van der Waals surface area contributed by atoms with Crippen molar-refractivity contribution in [1.29, 1.82) is 0 Å². The number of rotatable bonds is 13. The molecule has 36 heavy (non-hydrogen) atoms. The highest BCUT2D eigenvalue weighted by atomic mass is 35.5. The Hall–Kier alpha value is -3.35. The van der Waals surface area contributed by atoms with Gasteiger partial charge in [-0.3, -0.25) is 9.67 Å². The average molecular weight is 524 g/mol. The lowest BCUT2D eigenvalue weighted by molar-refractivity contribution is -0.274. The Morgan fingerprint density at radius 1 is 0.972 bits per heavy atom. The molecule has 13 heteroatoms. The molecule has 0 aliphatic heterocycles. The third-order valence-electron chi connectivity index (χ3n) is 5.24. The highest BCUT2D eigenvalue weighted by Crippen LogP contribution is 2.31. The normalized spacial score (nSPS) is 11.8. The molecule has 4 rings (SSSR count). The second-order valence-electron chi connectivity index (χ2n) is 7.94. The number of alkyl halides is 3. The Morgan fingerprint density at radius 2 is 1.75 bits per heavy atom. The number of H-pyrrole nitrogens is 1. The lowest BCUT2D eigenvalue weighted by atomic mass is 10.2. The molecular formula is C23H25ClF3N7O2. The number of nitrogens with one attached hydrogen (secondary N) is 3. The SMILES string of the molecule is FC(F)(F)Oc1ccc(CNCCCNCCCOc2cc(-n3cnnc3)cc3[nH]ncc23)cc1Cl. The summed E-state index contributed by atoms with van der Waals surface area (Å²) in [5, 5.41) is 22.2. The van der Waals surface area contributed by atoms with Crippen LogP contribution in [-0.2, 0) is 6.54 Å². The fourth-order valence-electron chi connectivity index (χ4n) is 3.54. The zero-order chi connectivity index (χ0) is 25.4. The zero-order valence-electron chi connectivity index (χ0n) is 19.2. The van der Waals surface area contributed by atoms with Gasteiger partial charge in [-0.1, -0.05) is 17.7 Å². The molecule has 9 nitrogen and oxygen atoms in total. The van der Waals surface area contributed by atoms with E-state index in [9.17, 15) is 13.2 Å². The van der Waals surface area contributed by atoms with Crippen molar-refractivity contribution < 1.29 is 22.6 Å². The van der Waals surface area contributed by atoms with Crippen LogP contribution < -0.4 is 20.1 Å². The van der Waals surface area contributed by atoms with Crippen LogP contribution in [-0.4, -0.2) is 57.6 Å². The van der Waals surface area contributed by atoms with Crippen LogP contribution in [0.4, 0.5) is 13.2 Å². The Balaban J connectivity index is 1.10. The maximum atomic E-state index is 12.3. The third-order valence-corrected chi connectivity index (χ3v) is 5.53. The van der Waals surface area contributed by atoms with Crippen molar-refractivity contribution in [3.05, 3.63) is 59.8 Å². The molecule has 0 fully saturated rings. The number of fused-ring (bicyclic) bond motifs is 1. The van der Waals surface area contributed by atoms with Gasteiger partial charge in [0.15, 0.2) is 0 Å². The van der Waals surface area contributed by atoms with Gasteiger partial charge in [-0.25, -0.2) is 0 Å². The van der Waals surface area contributed by atoms with Crippen molar-refractivity contribution in [3.8, 4) is 17.2 Å². The van der Waals surface area contributed by atoms with E-state index in [4.69, 9.17) is 16.3 Å². The summed E-state index contributed by atoms with van der Waals surface area (Å²) in [6.45, 7) is 3.41. The molecule has 2 heterocycles. The molecule has 2 aromatic carbocycles. The lowest BCUT2D eigenvalue weighted by Gasteiger charge is -2.12. The van der Waals surface area contributed by atoms with E-state index in [-0.39, 0.29) is 5.02 Å². The highest BCUT2D eigenvalue weighted by Gasteiger charge is 2.32. The predicted molar refractivity (Wildman–Crippen MR) is 128 cm³/mol. The quantitative estimate of drug-likeness (QED) is 0.225. The smallest absolute Gasteiger partial charge is 0.493 e. The first-order valence-corrected chi connectivity index (χ1v) is 11.7. The van der Waals surface area contributed by atoms with Crippen molar-refractivity contribution in [2.75, 3.05) is 26.2 Å². The highest BCUT2D eigenvalue weighted by molar-refractivity contribution is 6.32. The Labute approximate surface area is 209 Å². The number of hydrogen-bond acceptors (Lipinski definition) is 7. The van der Waals surface area contributed by atoms with Gasteiger partial charge in [-0.2, -0.15) is 5.10 Å². The maximum Gasteiger partial charge on any atom is 0.573 e. The molecular weight excluding hydrogens is 499 g/mol. The van der Waals surface area contributed by atoms with Gasteiger partial charge >= 0.3 is 6.36 Å². The number of ether oxygens (including phenoxy) is 2. The van der Waals surface area contributed by atoms with Gasteiger partial charge in [-0.05, 0) is 56.2 Å². The van der Waals surface area contributed by atoms with E-state index >= 15 is 0 Å². The van der Waals surface area contributed by atoms with Gasteiger partial charge in [0.05, 0.1) is 34.4 Å². The summed E-state index contributed by atoms with van der Waals surface area (Å²) < 4.78 is 48.6. The van der Waals surface area contributed by atoms with E-state index in [0.717, 1.165) is 60.4 Å². The third kappa shape index (κ3) is 7.33. The van der Waals surface area contributed by atoms with Crippen LogP contribution in [0.15, 0.2) is 49.2 Å². The molecule has 4 aromatic rings. The monoisotopic (exact) mass is 523 g/mol. The first-order chi connectivity index (χ1) is 17.4. The molecule has 0 radical (unpaired) electrons. The summed E-state index contributed by atoms with van der Waals surface area (Å²) in [7, 11) is 0. The van der Waals surface area contributed by atoms with E-state index in [1.807, 2.05) is 12.1 Å². The standard InChI is InChI=1S/C23H25ClF3N7O2/c24-19-9-16(3-4-21(19)36-23(25,26)27)12-29-6-1-5-28-7-2-8-35-22-11-17(34-14-31-32-15-34)10-20-18(22)13-30-33-20/h3-4,9-11,13-15,28-29H,1-2,5-8,12H2,(H,30,33). The van der Waals surface area contributed by atoms with Crippen molar-refractivity contribution in [3.63, 3.8) is 0 Å². The van der Waals surface area contributed by atoms with E-state index < -0.39 is 12.1 Å². The fraction of sp³-hybridized carbons (Fsp3) is 0.348. The summed E-state index contributed by atoms with van der Waals surface area (Å²) in [6.07, 6.45) is 1.94. The number of halogens is 4. The fourth-order valence-corrected chi connectivity index (χ4v) is 3.79. The number of aromatic amines is 1. The second-order valence-corrected chi connectivity index (χ2v) is 8.35. The van der Waals surface area contributed by atoms with Crippen molar-refractivity contribution in [2.24, 2.45) is 0 Å². The summed E-state index contributed by atoms with van der Waals surface area (Å²) in [5.74, 6) is 0.339. The molecule has 0 aliphatic carbocycles. The van der Waals surface area contributed by atoms with Gasteiger partial charge in [0.1, 0.15) is 24.2 Å². The summed E-state index contributed by atoms with van der Waals surface area (Å²) >= 11 is 5.87. The van der Waals surface area contributed by atoms with E-state index in [1.54, 1.807) is 29.5 Å². The van der Waals surface area contributed by atoms with Gasteiger partial charge < -0.3 is 20.1 Å². The lowest BCUT2D eigenvalue weighted by Crippen LogP contribution is -2.23. The number of aromatic nitrogens is 5. The molecule has 0 amide bonds. The number of benzene rings is 2. The molecule has 3 N–H and O–H groups in total. The Morgan fingerprint density at radius 3 is 2.53 bits per heavy atom. The van der Waals surface area contributed by atoms with E-state index in [0.29, 0.717) is 13.2 Å². The minimum absolute atomic E-state index is 0.0746. The average Bonchev–Trinajstić information content (AvgIpc) is 3.53. The van der Waals surface area contributed by atoms with Crippen LogP contribution in [0.1, 0.15) is 18.4 Å². The largest absolute Gasteiger partial charge is 0.573 e. The van der Waals surface area contributed by atoms with Crippen LogP contribution >= 0.6 is 11.6 Å². The van der Waals surface area contributed by atoms with E-state index in [2.05, 4.69) is 35.8 Å². The van der Waals surface area contributed by atoms with Gasteiger partial charge in [0.2, 0.25) is 0 Å². The zero-order valence-corrected chi connectivity index (χ0v) is 19.9.